The molecule has 20 heavy (non-hydrogen) atoms. The van der Waals surface area contributed by atoms with Crippen molar-refractivity contribution in [3.63, 3.8) is 0 Å². The highest BCUT2D eigenvalue weighted by Gasteiger charge is 2.23. The van der Waals surface area contributed by atoms with Crippen LogP contribution in [-0.4, -0.2) is 27.8 Å². The largest absolute Gasteiger partial charge is 0.330 e. The summed E-state index contributed by atoms with van der Waals surface area (Å²) in [6, 6.07) is 10.7. The molecule has 0 unspecified atom stereocenters. The van der Waals surface area contributed by atoms with E-state index in [4.69, 9.17) is 5.73 Å². The fraction of sp³-hybridized carbons (Fsp3) is 0.438. The molecule has 4 nitrogen and oxygen atoms in total. The van der Waals surface area contributed by atoms with Gasteiger partial charge in [-0.1, -0.05) is 30.3 Å². The van der Waals surface area contributed by atoms with Gasteiger partial charge in [0.25, 0.3) is 0 Å². The first-order valence-corrected chi connectivity index (χ1v) is 7.28. The fourth-order valence-electron chi connectivity index (χ4n) is 3.04. The van der Waals surface area contributed by atoms with Crippen LogP contribution in [-0.2, 0) is 33.0 Å². The van der Waals surface area contributed by atoms with Gasteiger partial charge in [0.05, 0.1) is 5.69 Å². The quantitative estimate of drug-likeness (QED) is 0.915. The van der Waals surface area contributed by atoms with Crippen molar-refractivity contribution in [1.29, 1.82) is 0 Å². The molecule has 4 heteroatoms. The smallest absolute Gasteiger partial charge is 0.0685 e. The van der Waals surface area contributed by atoms with Crippen molar-refractivity contribution in [3.05, 3.63) is 52.8 Å². The molecule has 1 aromatic carbocycles. The molecular formula is C16H22N4. The van der Waals surface area contributed by atoms with Crippen LogP contribution in [0.4, 0.5) is 0 Å². The Balaban J connectivity index is 1.77. The zero-order valence-electron chi connectivity index (χ0n) is 12.0. The van der Waals surface area contributed by atoms with Gasteiger partial charge in [0.15, 0.2) is 0 Å². The highest BCUT2D eigenvalue weighted by atomic mass is 15.3. The van der Waals surface area contributed by atoms with Crippen molar-refractivity contribution in [3.8, 4) is 0 Å². The predicted molar refractivity (Wildman–Crippen MR) is 80.2 cm³/mol. The van der Waals surface area contributed by atoms with Crippen LogP contribution < -0.4 is 5.73 Å². The lowest BCUT2D eigenvalue weighted by Crippen LogP contribution is -2.30. The Morgan fingerprint density at radius 3 is 2.80 bits per heavy atom. The van der Waals surface area contributed by atoms with Crippen molar-refractivity contribution in [2.24, 2.45) is 12.8 Å². The summed E-state index contributed by atoms with van der Waals surface area (Å²) in [7, 11) is 2.03. The molecule has 106 valence electrons. The topological polar surface area (TPSA) is 47.1 Å². The summed E-state index contributed by atoms with van der Waals surface area (Å²) >= 11 is 0. The van der Waals surface area contributed by atoms with E-state index in [9.17, 15) is 0 Å². The maximum Gasteiger partial charge on any atom is 0.0685 e. The van der Waals surface area contributed by atoms with E-state index in [0.717, 1.165) is 32.5 Å². The van der Waals surface area contributed by atoms with Crippen LogP contribution in [0.15, 0.2) is 30.3 Å². The van der Waals surface area contributed by atoms with E-state index in [2.05, 4.69) is 40.3 Å². The summed E-state index contributed by atoms with van der Waals surface area (Å²) in [5, 5.41) is 4.65. The van der Waals surface area contributed by atoms with Gasteiger partial charge in [0, 0.05) is 50.8 Å². The van der Waals surface area contributed by atoms with Gasteiger partial charge in [-0.05, 0) is 12.1 Å². The Labute approximate surface area is 120 Å². The maximum absolute atomic E-state index is 5.73. The molecule has 0 saturated heterocycles. The number of aryl methyl sites for hydroxylation is 1. The van der Waals surface area contributed by atoms with Gasteiger partial charge in [-0.25, -0.2) is 0 Å². The third-order valence-corrected chi connectivity index (χ3v) is 4.03. The van der Waals surface area contributed by atoms with E-state index in [-0.39, 0.29) is 0 Å². The molecule has 0 fully saturated rings. The number of aromatic nitrogens is 2. The molecule has 2 heterocycles. The molecule has 0 atom stereocenters. The minimum atomic E-state index is 0.685. The number of fused-ring (bicyclic) bond motifs is 1. The summed E-state index contributed by atoms with van der Waals surface area (Å²) in [5.74, 6) is 0. The molecule has 2 N–H and O–H groups in total. The molecule has 0 amide bonds. The maximum atomic E-state index is 5.73. The van der Waals surface area contributed by atoms with Crippen molar-refractivity contribution >= 4 is 0 Å². The Morgan fingerprint density at radius 2 is 2.05 bits per heavy atom. The van der Waals surface area contributed by atoms with E-state index in [1.165, 1.54) is 22.5 Å². The molecule has 2 aromatic rings. The van der Waals surface area contributed by atoms with Gasteiger partial charge in [0.1, 0.15) is 0 Å². The number of hydrogen-bond acceptors (Lipinski definition) is 3. The number of benzene rings is 1. The first-order valence-electron chi connectivity index (χ1n) is 7.28. The van der Waals surface area contributed by atoms with Crippen LogP contribution >= 0.6 is 0 Å². The second-order valence-corrected chi connectivity index (χ2v) is 5.48. The van der Waals surface area contributed by atoms with Gasteiger partial charge in [0.2, 0.25) is 0 Å². The van der Waals surface area contributed by atoms with E-state index in [0.29, 0.717) is 6.54 Å². The SMILES string of the molecule is Cn1nc2c(c1CCN)CN(Cc1ccccc1)CC2. The molecule has 3 rings (SSSR count). The van der Waals surface area contributed by atoms with Crippen LogP contribution in [0.2, 0.25) is 0 Å². The summed E-state index contributed by atoms with van der Waals surface area (Å²) in [5.41, 5.74) is 11.1. The van der Waals surface area contributed by atoms with Gasteiger partial charge in [-0.2, -0.15) is 5.10 Å². The average Bonchev–Trinajstić information content (AvgIpc) is 2.77. The van der Waals surface area contributed by atoms with Gasteiger partial charge in [-0.3, -0.25) is 9.58 Å². The molecular weight excluding hydrogens is 248 g/mol. The molecule has 0 bridgehead atoms. The first-order chi connectivity index (χ1) is 9.78. The van der Waals surface area contributed by atoms with E-state index in [1.54, 1.807) is 0 Å². The number of nitrogens with zero attached hydrogens (tertiary/aromatic N) is 3. The van der Waals surface area contributed by atoms with Crippen molar-refractivity contribution in [2.75, 3.05) is 13.1 Å². The third kappa shape index (κ3) is 2.62. The van der Waals surface area contributed by atoms with Crippen LogP contribution in [0.5, 0.6) is 0 Å². The van der Waals surface area contributed by atoms with E-state index >= 15 is 0 Å². The van der Waals surface area contributed by atoms with Gasteiger partial charge >= 0.3 is 0 Å². The van der Waals surface area contributed by atoms with Crippen LogP contribution in [0, 0.1) is 0 Å². The standard InChI is InChI=1S/C16H22N4/c1-19-16(7-9-17)14-12-20(10-8-15(14)18-19)11-13-5-3-2-4-6-13/h2-6H,7-12,17H2,1H3. The monoisotopic (exact) mass is 270 g/mol. The second-order valence-electron chi connectivity index (χ2n) is 5.48. The highest BCUT2D eigenvalue weighted by Crippen LogP contribution is 2.23. The highest BCUT2D eigenvalue weighted by molar-refractivity contribution is 5.29. The zero-order valence-corrected chi connectivity index (χ0v) is 12.0. The summed E-state index contributed by atoms with van der Waals surface area (Å²) < 4.78 is 2.02. The molecule has 1 aromatic heterocycles. The van der Waals surface area contributed by atoms with Crippen LogP contribution in [0.25, 0.3) is 0 Å². The predicted octanol–water partition coefficient (Wildman–Crippen LogP) is 1.48. The molecule has 0 radical (unpaired) electrons. The molecule has 0 spiro atoms. The van der Waals surface area contributed by atoms with Crippen LogP contribution in [0.3, 0.4) is 0 Å². The summed E-state index contributed by atoms with van der Waals surface area (Å²) in [6.07, 6.45) is 1.96. The van der Waals surface area contributed by atoms with Crippen LogP contribution in [0.1, 0.15) is 22.5 Å². The van der Waals surface area contributed by atoms with E-state index < -0.39 is 0 Å². The Bertz CT molecular complexity index is 574. The molecule has 0 aliphatic carbocycles. The fourth-order valence-corrected chi connectivity index (χ4v) is 3.04. The Kier molecular flexibility index (Phi) is 3.85. The number of nitrogens with two attached hydrogens (primary N) is 1. The number of hydrogen-bond donors (Lipinski definition) is 1. The second kappa shape index (κ2) is 5.77. The van der Waals surface area contributed by atoms with E-state index in [1.807, 2.05) is 11.7 Å². The van der Waals surface area contributed by atoms with Crippen molar-refractivity contribution < 1.29 is 0 Å². The van der Waals surface area contributed by atoms with Gasteiger partial charge < -0.3 is 5.73 Å². The number of rotatable bonds is 4. The Morgan fingerprint density at radius 1 is 1.25 bits per heavy atom. The summed E-state index contributed by atoms with van der Waals surface area (Å²) in [4.78, 5) is 2.50. The Hall–Kier alpha value is -1.65. The lowest BCUT2D eigenvalue weighted by atomic mass is 10.0. The lowest BCUT2D eigenvalue weighted by Gasteiger charge is -2.26. The normalized spacial score (nSPS) is 15.3. The molecule has 0 saturated carbocycles. The average molecular weight is 270 g/mol. The molecule has 1 aliphatic heterocycles. The van der Waals surface area contributed by atoms with Crippen molar-refractivity contribution in [1.82, 2.24) is 14.7 Å². The minimum absolute atomic E-state index is 0.685. The van der Waals surface area contributed by atoms with Gasteiger partial charge in [-0.15, -0.1) is 0 Å². The molecule has 1 aliphatic rings. The first kappa shape index (κ1) is 13.3. The van der Waals surface area contributed by atoms with Crippen molar-refractivity contribution in [2.45, 2.75) is 25.9 Å². The third-order valence-electron chi connectivity index (χ3n) is 4.03. The minimum Gasteiger partial charge on any atom is -0.330 e. The summed E-state index contributed by atoms with van der Waals surface area (Å²) in [6.45, 7) is 3.77. The zero-order chi connectivity index (χ0) is 13.9. The lowest BCUT2D eigenvalue weighted by molar-refractivity contribution is 0.244.